The average molecular weight is 673 g/mol. The second-order valence-electron chi connectivity index (χ2n) is 13.6. The molecule has 244 valence electrons. The molecule has 0 saturated carbocycles. The topological polar surface area (TPSA) is 100 Å². The molecule has 0 spiro atoms. The largest absolute Gasteiger partial charge is 0.495 e. The minimum Gasteiger partial charge on any atom is -0.495 e. The van der Waals surface area contributed by atoms with E-state index in [4.69, 9.17) is 32.7 Å². The van der Waals surface area contributed by atoms with Gasteiger partial charge in [-0.15, -0.1) is 0 Å². The second-order valence-corrected chi connectivity index (χ2v) is 14.4. The first-order valence-corrected chi connectivity index (χ1v) is 15.5. The number of esters is 1. The summed E-state index contributed by atoms with van der Waals surface area (Å²) in [5, 5.41) is 17.0. The summed E-state index contributed by atoms with van der Waals surface area (Å²) < 4.78 is 42.7. The number of rotatable bonds is 7. The SMILES string of the molecule is COc1cc(C(=O)OC(C)(C)C)ccc1NC(=O)[C@@H]1N[C@@H](CC(C)(C)C)[C@](C#N)(c2ccc(Cl)cc2F)[C@H]1c1cccc(Cl)c1F. The predicted octanol–water partition coefficient (Wildman–Crippen LogP) is 8.20. The van der Waals surface area contributed by atoms with Gasteiger partial charge < -0.3 is 20.1 Å². The Kier molecular flexibility index (Phi) is 10.1. The van der Waals surface area contributed by atoms with Gasteiger partial charge in [0, 0.05) is 22.5 Å². The molecular formula is C35H37Cl2F2N3O4. The van der Waals surface area contributed by atoms with E-state index in [0.717, 1.165) is 6.07 Å². The molecule has 2 N–H and O–H groups in total. The lowest BCUT2D eigenvalue weighted by molar-refractivity contribution is -0.118. The molecule has 11 heteroatoms. The van der Waals surface area contributed by atoms with Crippen LogP contribution in [0.5, 0.6) is 5.75 Å². The molecule has 3 aromatic rings. The highest BCUT2D eigenvalue weighted by Gasteiger charge is 2.61. The van der Waals surface area contributed by atoms with E-state index in [9.17, 15) is 14.9 Å². The lowest BCUT2D eigenvalue weighted by atomic mass is 9.62. The van der Waals surface area contributed by atoms with E-state index < -0.39 is 57.9 Å². The third-order valence-electron chi connectivity index (χ3n) is 7.83. The molecule has 7 nitrogen and oxygen atoms in total. The van der Waals surface area contributed by atoms with E-state index in [-0.39, 0.29) is 38.2 Å². The minimum atomic E-state index is -1.78. The normalized spacial score (nSPS) is 21.4. The van der Waals surface area contributed by atoms with Gasteiger partial charge in [0.05, 0.1) is 35.5 Å². The quantitative estimate of drug-likeness (QED) is 0.246. The number of methoxy groups -OCH3 is 1. The summed E-state index contributed by atoms with van der Waals surface area (Å²) >= 11 is 12.3. The van der Waals surface area contributed by atoms with Crippen LogP contribution in [0.1, 0.15) is 75.4 Å². The van der Waals surface area contributed by atoms with Crippen LogP contribution in [0.2, 0.25) is 10.0 Å². The standard InChI is InChI=1S/C35H37Cl2F2N3O4/c1-33(2,3)17-27-35(18-40,22-13-12-20(36)16-24(22)38)28(21-9-8-10-23(37)29(21)39)30(42-27)31(43)41-25-14-11-19(15-26(25)45-7)32(44)46-34(4,5)6/h8-16,27-28,30,42H,17H2,1-7H3,(H,41,43)/t27-,28-,30+,35-/m0/s1. The molecular weight excluding hydrogens is 635 g/mol. The molecule has 4 atom stereocenters. The number of nitrogens with one attached hydrogen (secondary N) is 2. The maximum Gasteiger partial charge on any atom is 0.338 e. The summed E-state index contributed by atoms with van der Waals surface area (Å²) in [6.07, 6.45) is 0.318. The van der Waals surface area contributed by atoms with Crippen LogP contribution in [0.3, 0.4) is 0 Å². The van der Waals surface area contributed by atoms with Crippen molar-refractivity contribution in [2.75, 3.05) is 12.4 Å². The van der Waals surface area contributed by atoms with Gasteiger partial charge in [0.25, 0.3) is 0 Å². The molecule has 1 aliphatic heterocycles. The van der Waals surface area contributed by atoms with Gasteiger partial charge in [0.1, 0.15) is 28.4 Å². The Labute approximate surface area is 278 Å². The lowest BCUT2D eigenvalue weighted by Gasteiger charge is -2.37. The molecule has 3 aromatic carbocycles. The molecule has 0 unspecified atom stereocenters. The van der Waals surface area contributed by atoms with Crippen LogP contribution in [-0.4, -0.2) is 36.7 Å². The molecule has 0 aliphatic carbocycles. The molecule has 46 heavy (non-hydrogen) atoms. The Hall–Kier alpha value is -3.71. The van der Waals surface area contributed by atoms with E-state index in [0.29, 0.717) is 6.42 Å². The highest BCUT2D eigenvalue weighted by Crippen LogP contribution is 2.53. The molecule has 1 amide bonds. The van der Waals surface area contributed by atoms with Crippen LogP contribution < -0.4 is 15.4 Å². The maximum absolute atomic E-state index is 15.9. The van der Waals surface area contributed by atoms with Gasteiger partial charge in [-0.25, -0.2) is 13.6 Å². The smallest absolute Gasteiger partial charge is 0.338 e. The average Bonchev–Trinajstić information content (AvgIpc) is 3.26. The van der Waals surface area contributed by atoms with Crippen molar-refractivity contribution in [1.82, 2.24) is 5.32 Å². The van der Waals surface area contributed by atoms with Crippen molar-refractivity contribution in [3.63, 3.8) is 0 Å². The third kappa shape index (κ3) is 7.15. The zero-order chi connectivity index (χ0) is 34.2. The Bertz CT molecular complexity index is 1700. The summed E-state index contributed by atoms with van der Waals surface area (Å²) in [6.45, 7) is 11.1. The minimum absolute atomic E-state index is 0.0277. The van der Waals surface area contributed by atoms with Crippen molar-refractivity contribution in [2.24, 2.45) is 5.41 Å². The molecule has 4 rings (SSSR count). The molecule has 0 bridgehead atoms. The monoisotopic (exact) mass is 671 g/mol. The number of benzene rings is 3. The summed E-state index contributed by atoms with van der Waals surface area (Å²) in [7, 11) is 1.38. The van der Waals surface area contributed by atoms with Crippen molar-refractivity contribution < 1.29 is 27.8 Å². The van der Waals surface area contributed by atoms with Gasteiger partial charge in [-0.1, -0.05) is 62.2 Å². The van der Waals surface area contributed by atoms with Crippen LogP contribution in [-0.2, 0) is 14.9 Å². The highest BCUT2D eigenvalue weighted by molar-refractivity contribution is 6.31. The summed E-state index contributed by atoms with van der Waals surface area (Å²) in [6, 6.07) is 13.0. The Morgan fingerprint density at radius 2 is 1.74 bits per heavy atom. The molecule has 1 fully saturated rings. The molecule has 0 aromatic heterocycles. The van der Waals surface area contributed by atoms with Gasteiger partial charge in [0.2, 0.25) is 5.91 Å². The number of ether oxygens (including phenoxy) is 2. The van der Waals surface area contributed by atoms with Crippen molar-refractivity contribution in [3.05, 3.63) is 93.0 Å². The molecule has 0 radical (unpaired) electrons. The van der Waals surface area contributed by atoms with Gasteiger partial charge in [-0.3, -0.25) is 4.79 Å². The van der Waals surface area contributed by atoms with Crippen molar-refractivity contribution in [1.29, 1.82) is 5.26 Å². The molecule has 1 heterocycles. The highest BCUT2D eigenvalue weighted by atomic mass is 35.5. The maximum atomic E-state index is 15.9. The fourth-order valence-corrected chi connectivity index (χ4v) is 6.37. The first-order valence-electron chi connectivity index (χ1n) is 14.7. The predicted molar refractivity (Wildman–Crippen MR) is 174 cm³/mol. The Balaban J connectivity index is 1.88. The van der Waals surface area contributed by atoms with Crippen LogP contribution in [0, 0.1) is 28.4 Å². The number of hydrogen-bond donors (Lipinski definition) is 2. The van der Waals surface area contributed by atoms with E-state index in [1.165, 1.54) is 55.6 Å². The van der Waals surface area contributed by atoms with Gasteiger partial charge in [-0.2, -0.15) is 5.26 Å². The zero-order valence-corrected chi connectivity index (χ0v) is 28.2. The van der Waals surface area contributed by atoms with E-state index >= 15 is 8.78 Å². The van der Waals surface area contributed by atoms with Crippen molar-refractivity contribution in [2.45, 2.75) is 77.0 Å². The first kappa shape index (κ1) is 35.1. The molecule has 1 aliphatic rings. The number of carbonyl (C=O) groups excluding carboxylic acids is 2. The fraction of sp³-hybridized carbons (Fsp3) is 0.400. The van der Waals surface area contributed by atoms with Crippen LogP contribution >= 0.6 is 23.2 Å². The van der Waals surface area contributed by atoms with Gasteiger partial charge in [0.15, 0.2) is 0 Å². The first-order chi connectivity index (χ1) is 21.4. The van der Waals surface area contributed by atoms with E-state index in [2.05, 4.69) is 16.7 Å². The second kappa shape index (κ2) is 13.2. The van der Waals surface area contributed by atoms with Crippen molar-refractivity contribution in [3.8, 4) is 11.8 Å². The summed E-state index contributed by atoms with van der Waals surface area (Å²) in [4.78, 5) is 26.9. The summed E-state index contributed by atoms with van der Waals surface area (Å²) in [5.41, 5.74) is -2.54. The van der Waals surface area contributed by atoms with Crippen molar-refractivity contribution >= 4 is 40.8 Å². The van der Waals surface area contributed by atoms with E-state index in [1.54, 1.807) is 20.8 Å². The third-order valence-corrected chi connectivity index (χ3v) is 8.35. The summed E-state index contributed by atoms with van der Waals surface area (Å²) in [5.74, 6) is -3.88. The number of amides is 1. The number of nitriles is 1. The van der Waals surface area contributed by atoms with Crippen LogP contribution in [0.25, 0.3) is 0 Å². The zero-order valence-electron chi connectivity index (χ0n) is 26.7. The van der Waals surface area contributed by atoms with E-state index in [1.807, 2.05) is 20.8 Å². The fourth-order valence-electron chi connectivity index (χ4n) is 6.03. The van der Waals surface area contributed by atoms with Crippen LogP contribution in [0.4, 0.5) is 14.5 Å². The Morgan fingerprint density at radius 1 is 1.04 bits per heavy atom. The lowest BCUT2D eigenvalue weighted by Crippen LogP contribution is -2.45. The number of hydrogen-bond acceptors (Lipinski definition) is 6. The molecule has 1 saturated heterocycles. The Morgan fingerprint density at radius 3 is 2.33 bits per heavy atom. The number of anilines is 1. The van der Waals surface area contributed by atoms with Gasteiger partial charge >= 0.3 is 5.97 Å². The van der Waals surface area contributed by atoms with Crippen LogP contribution in [0.15, 0.2) is 54.6 Å². The number of halogens is 4. The van der Waals surface area contributed by atoms with Gasteiger partial charge in [-0.05, 0) is 74.6 Å². The number of nitrogens with zero attached hydrogens (tertiary/aromatic N) is 1. The number of carbonyl (C=O) groups is 2.